The third kappa shape index (κ3) is 1.29. The first-order chi connectivity index (χ1) is 7.27. The number of rotatable bonds is 1. The minimum absolute atomic E-state index is 0.687. The predicted molar refractivity (Wildman–Crippen MR) is 64.7 cm³/mol. The summed E-state index contributed by atoms with van der Waals surface area (Å²) in [4.78, 5) is 0. The maximum Gasteiger partial charge on any atom is 0.0379 e. The Bertz CT molecular complexity index is 372. The second-order valence-electron chi connectivity index (χ2n) is 5.14. The normalized spacial score (nSPS) is 17.8. The lowest BCUT2D eigenvalue weighted by atomic mass is 9.88. The molecular formula is C14H19N. The van der Waals surface area contributed by atoms with Crippen molar-refractivity contribution in [1.82, 2.24) is 0 Å². The zero-order chi connectivity index (χ0) is 10.4. The lowest BCUT2D eigenvalue weighted by molar-refractivity contribution is 0.824. The Hall–Kier alpha value is -0.980. The SMILES string of the molecule is CC(C)c1c2c(cc3c1CCN3)CCC2. The number of hydrogen-bond donors (Lipinski definition) is 1. The molecule has 2 aliphatic rings. The Morgan fingerprint density at radius 1 is 1.13 bits per heavy atom. The first kappa shape index (κ1) is 9.26. The van der Waals surface area contributed by atoms with Crippen molar-refractivity contribution in [3.05, 3.63) is 28.3 Å². The minimum Gasteiger partial charge on any atom is -0.384 e. The maximum absolute atomic E-state index is 3.53. The quantitative estimate of drug-likeness (QED) is 0.735. The smallest absolute Gasteiger partial charge is 0.0379 e. The molecule has 1 aliphatic heterocycles. The van der Waals surface area contributed by atoms with Gasteiger partial charge in [0.2, 0.25) is 0 Å². The van der Waals surface area contributed by atoms with E-state index in [-0.39, 0.29) is 0 Å². The lowest BCUT2D eigenvalue weighted by Crippen LogP contribution is -2.01. The van der Waals surface area contributed by atoms with Crippen LogP contribution in [0.15, 0.2) is 6.07 Å². The van der Waals surface area contributed by atoms with E-state index in [0.717, 1.165) is 6.54 Å². The first-order valence-corrected chi connectivity index (χ1v) is 6.18. The summed E-state index contributed by atoms with van der Waals surface area (Å²) in [6, 6.07) is 2.41. The fourth-order valence-electron chi connectivity index (χ4n) is 3.27. The van der Waals surface area contributed by atoms with Crippen molar-refractivity contribution in [3.63, 3.8) is 0 Å². The molecule has 0 saturated carbocycles. The van der Waals surface area contributed by atoms with Gasteiger partial charge in [0, 0.05) is 12.2 Å². The highest BCUT2D eigenvalue weighted by Gasteiger charge is 2.24. The number of hydrogen-bond acceptors (Lipinski definition) is 1. The van der Waals surface area contributed by atoms with Crippen molar-refractivity contribution in [1.29, 1.82) is 0 Å². The molecule has 0 radical (unpaired) electrons. The van der Waals surface area contributed by atoms with Crippen molar-refractivity contribution < 1.29 is 0 Å². The van der Waals surface area contributed by atoms with Crippen molar-refractivity contribution in [2.24, 2.45) is 0 Å². The zero-order valence-electron chi connectivity index (χ0n) is 9.69. The van der Waals surface area contributed by atoms with Gasteiger partial charge in [-0.25, -0.2) is 0 Å². The van der Waals surface area contributed by atoms with Gasteiger partial charge in [-0.2, -0.15) is 0 Å². The van der Waals surface area contributed by atoms with Crippen LogP contribution in [0.5, 0.6) is 0 Å². The highest BCUT2D eigenvalue weighted by Crippen LogP contribution is 2.39. The molecule has 1 aromatic rings. The highest BCUT2D eigenvalue weighted by molar-refractivity contribution is 5.64. The van der Waals surface area contributed by atoms with E-state index in [2.05, 4.69) is 25.2 Å². The molecular weight excluding hydrogens is 182 g/mol. The van der Waals surface area contributed by atoms with Gasteiger partial charge in [-0.15, -0.1) is 0 Å². The zero-order valence-corrected chi connectivity index (χ0v) is 9.69. The summed E-state index contributed by atoms with van der Waals surface area (Å²) in [5.74, 6) is 0.687. The van der Waals surface area contributed by atoms with Gasteiger partial charge < -0.3 is 5.32 Å². The van der Waals surface area contributed by atoms with Crippen LogP contribution in [0.3, 0.4) is 0 Å². The van der Waals surface area contributed by atoms with Crippen LogP contribution in [0.1, 0.15) is 48.4 Å². The van der Waals surface area contributed by atoms with Gasteiger partial charge >= 0.3 is 0 Å². The Balaban J connectivity index is 2.25. The number of benzene rings is 1. The van der Waals surface area contributed by atoms with Gasteiger partial charge in [-0.3, -0.25) is 0 Å². The molecule has 0 bridgehead atoms. The molecule has 0 unspecified atom stereocenters. The standard InChI is InChI=1S/C14H19N/c1-9(2)14-11-5-3-4-10(11)8-13-12(14)6-7-15-13/h8-9,15H,3-7H2,1-2H3. The van der Waals surface area contributed by atoms with E-state index in [4.69, 9.17) is 0 Å². The van der Waals surface area contributed by atoms with E-state index in [0.29, 0.717) is 5.92 Å². The maximum atomic E-state index is 3.53. The monoisotopic (exact) mass is 201 g/mol. The van der Waals surface area contributed by atoms with Crippen LogP contribution < -0.4 is 5.32 Å². The molecule has 0 saturated heterocycles. The molecule has 0 atom stereocenters. The molecule has 0 amide bonds. The molecule has 0 spiro atoms. The molecule has 80 valence electrons. The van der Waals surface area contributed by atoms with E-state index < -0.39 is 0 Å². The van der Waals surface area contributed by atoms with E-state index in [1.54, 1.807) is 22.3 Å². The molecule has 0 aromatic heterocycles. The second-order valence-corrected chi connectivity index (χ2v) is 5.14. The van der Waals surface area contributed by atoms with Crippen LogP contribution in [0.25, 0.3) is 0 Å². The van der Waals surface area contributed by atoms with Crippen molar-refractivity contribution in [3.8, 4) is 0 Å². The third-order valence-electron chi connectivity index (χ3n) is 3.82. The van der Waals surface area contributed by atoms with Crippen molar-refractivity contribution in [2.75, 3.05) is 11.9 Å². The topological polar surface area (TPSA) is 12.0 Å². The van der Waals surface area contributed by atoms with Crippen molar-refractivity contribution in [2.45, 2.75) is 45.4 Å². The van der Waals surface area contributed by atoms with Gasteiger partial charge in [-0.1, -0.05) is 13.8 Å². The Kier molecular flexibility index (Phi) is 2.01. The molecule has 1 nitrogen and oxygen atoms in total. The number of anilines is 1. The molecule has 1 aromatic carbocycles. The van der Waals surface area contributed by atoms with Gasteiger partial charge in [0.1, 0.15) is 0 Å². The number of fused-ring (bicyclic) bond motifs is 2. The average Bonchev–Trinajstić information content (AvgIpc) is 2.79. The number of aryl methyl sites for hydroxylation is 1. The lowest BCUT2D eigenvalue weighted by Gasteiger charge is -2.17. The summed E-state index contributed by atoms with van der Waals surface area (Å²) >= 11 is 0. The Morgan fingerprint density at radius 3 is 2.80 bits per heavy atom. The fraction of sp³-hybridized carbons (Fsp3) is 0.571. The molecule has 15 heavy (non-hydrogen) atoms. The molecule has 3 rings (SSSR count). The van der Waals surface area contributed by atoms with Crippen LogP contribution in [0.2, 0.25) is 0 Å². The van der Waals surface area contributed by atoms with E-state index in [1.165, 1.54) is 31.4 Å². The first-order valence-electron chi connectivity index (χ1n) is 6.18. The van der Waals surface area contributed by atoms with Gasteiger partial charge in [0.05, 0.1) is 0 Å². The molecule has 0 fully saturated rings. The summed E-state index contributed by atoms with van der Waals surface area (Å²) < 4.78 is 0. The predicted octanol–water partition coefficient (Wildman–Crippen LogP) is 3.27. The summed E-state index contributed by atoms with van der Waals surface area (Å²) in [5.41, 5.74) is 8.02. The molecule has 1 N–H and O–H groups in total. The fourth-order valence-corrected chi connectivity index (χ4v) is 3.27. The minimum atomic E-state index is 0.687. The molecule has 1 aliphatic carbocycles. The van der Waals surface area contributed by atoms with Crippen LogP contribution in [-0.2, 0) is 19.3 Å². The summed E-state index contributed by atoms with van der Waals surface area (Å²) in [6.07, 6.45) is 5.20. The third-order valence-corrected chi connectivity index (χ3v) is 3.82. The largest absolute Gasteiger partial charge is 0.384 e. The van der Waals surface area contributed by atoms with E-state index in [1.807, 2.05) is 0 Å². The Morgan fingerprint density at radius 2 is 2.00 bits per heavy atom. The molecule has 1 heterocycles. The van der Waals surface area contributed by atoms with Crippen LogP contribution in [0, 0.1) is 0 Å². The second kappa shape index (κ2) is 3.26. The van der Waals surface area contributed by atoms with E-state index in [9.17, 15) is 0 Å². The highest BCUT2D eigenvalue weighted by atomic mass is 14.9. The van der Waals surface area contributed by atoms with Crippen LogP contribution in [0.4, 0.5) is 5.69 Å². The van der Waals surface area contributed by atoms with Gasteiger partial charge in [-0.05, 0) is 59.9 Å². The average molecular weight is 201 g/mol. The summed E-state index contributed by atoms with van der Waals surface area (Å²) in [6.45, 7) is 5.82. The van der Waals surface area contributed by atoms with Gasteiger partial charge in [0.15, 0.2) is 0 Å². The summed E-state index contributed by atoms with van der Waals surface area (Å²) in [7, 11) is 0. The van der Waals surface area contributed by atoms with Crippen LogP contribution >= 0.6 is 0 Å². The molecule has 1 heteroatoms. The number of nitrogens with one attached hydrogen (secondary N) is 1. The van der Waals surface area contributed by atoms with Crippen LogP contribution in [-0.4, -0.2) is 6.54 Å². The Labute approximate surface area is 91.9 Å². The van der Waals surface area contributed by atoms with Gasteiger partial charge in [0.25, 0.3) is 0 Å². The summed E-state index contributed by atoms with van der Waals surface area (Å²) in [5, 5.41) is 3.53. The van der Waals surface area contributed by atoms with E-state index >= 15 is 0 Å². The van der Waals surface area contributed by atoms with Crippen molar-refractivity contribution >= 4 is 5.69 Å².